The van der Waals surface area contributed by atoms with Gasteiger partial charge in [0.1, 0.15) is 16.0 Å². The number of aromatic nitrogens is 4. The van der Waals surface area contributed by atoms with E-state index < -0.39 is 0 Å². The van der Waals surface area contributed by atoms with Crippen LogP contribution in [0.1, 0.15) is 87.6 Å². The predicted molar refractivity (Wildman–Crippen MR) is 141 cm³/mol. The van der Waals surface area contributed by atoms with Crippen molar-refractivity contribution in [2.75, 3.05) is 0 Å². The molecule has 0 amide bonds. The number of nitrogens with zero attached hydrogens (tertiary/aromatic N) is 3. The van der Waals surface area contributed by atoms with E-state index in [0.717, 1.165) is 17.6 Å². The van der Waals surface area contributed by atoms with Gasteiger partial charge in [-0.25, -0.2) is 9.97 Å². The van der Waals surface area contributed by atoms with Gasteiger partial charge in [-0.1, -0.05) is 13.8 Å². The Morgan fingerprint density at radius 2 is 2.00 bits per heavy atom. The standard InChI is InChI=1S/C28H35N5S/c1-16(2)22-23(21-15-33(3)25-20(21)5-4-12-29-25)30-27-24(22)31-26(34-27)18-6-8-19(9-7-18)32-28-11-10-17(13-28)14-28/h4-5,12,15-19,30,32H,6-11,13-14H2,1-3H3. The van der Waals surface area contributed by atoms with Crippen molar-refractivity contribution in [1.29, 1.82) is 0 Å². The minimum absolute atomic E-state index is 0.405. The monoisotopic (exact) mass is 473 g/mol. The smallest absolute Gasteiger partial charge is 0.140 e. The van der Waals surface area contributed by atoms with Crippen LogP contribution in [0.3, 0.4) is 0 Å². The minimum Gasteiger partial charge on any atom is -0.345 e. The molecule has 5 nitrogen and oxygen atoms in total. The number of aromatic amines is 1. The molecule has 0 radical (unpaired) electrons. The summed E-state index contributed by atoms with van der Waals surface area (Å²) in [5.74, 6) is 2.05. The third-order valence-electron chi connectivity index (χ3n) is 8.96. The maximum Gasteiger partial charge on any atom is 0.140 e. The third-order valence-corrected chi connectivity index (χ3v) is 10.1. The first-order valence-electron chi connectivity index (χ1n) is 13.2. The minimum atomic E-state index is 0.405. The van der Waals surface area contributed by atoms with E-state index in [0.29, 0.717) is 17.4 Å². The van der Waals surface area contributed by atoms with Crippen molar-refractivity contribution < 1.29 is 0 Å². The van der Waals surface area contributed by atoms with Gasteiger partial charge in [-0.05, 0) is 75.3 Å². The van der Waals surface area contributed by atoms with Crippen molar-refractivity contribution in [1.82, 2.24) is 24.8 Å². The Hall–Kier alpha value is -2.18. The summed E-state index contributed by atoms with van der Waals surface area (Å²) in [5.41, 5.74) is 6.55. The molecular weight excluding hydrogens is 438 g/mol. The maximum absolute atomic E-state index is 5.28. The van der Waals surface area contributed by atoms with E-state index in [1.54, 1.807) is 0 Å². The highest BCUT2D eigenvalue weighted by atomic mass is 32.1. The van der Waals surface area contributed by atoms with Crippen LogP contribution >= 0.6 is 11.3 Å². The Labute approximate surface area is 205 Å². The Bertz CT molecular complexity index is 1350. The number of pyridine rings is 1. The molecule has 4 aromatic rings. The lowest BCUT2D eigenvalue weighted by atomic mass is 9.75. The lowest BCUT2D eigenvalue weighted by Gasteiger charge is -2.44. The quantitative estimate of drug-likeness (QED) is 0.333. The Morgan fingerprint density at radius 1 is 1.18 bits per heavy atom. The molecule has 34 heavy (non-hydrogen) atoms. The average Bonchev–Trinajstić information content (AvgIpc) is 3.60. The number of fused-ring (bicyclic) bond motifs is 3. The van der Waals surface area contributed by atoms with Gasteiger partial charge < -0.3 is 14.9 Å². The highest BCUT2D eigenvalue weighted by Gasteiger charge is 2.50. The fourth-order valence-corrected chi connectivity index (χ4v) is 8.46. The summed E-state index contributed by atoms with van der Waals surface area (Å²) < 4.78 is 2.13. The van der Waals surface area contributed by atoms with Gasteiger partial charge in [-0.2, -0.15) is 0 Å². The number of hydrogen-bond acceptors (Lipinski definition) is 4. The van der Waals surface area contributed by atoms with Crippen LogP contribution < -0.4 is 5.32 Å². The molecule has 2 bridgehead atoms. The second kappa shape index (κ2) is 7.66. The molecule has 4 aliphatic carbocycles. The molecule has 0 saturated heterocycles. The highest BCUT2D eigenvalue weighted by Crippen LogP contribution is 2.52. The van der Waals surface area contributed by atoms with Gasteiger partial charge in [0.25, 0.3) is 0 Å². The molecule has 4 saturated carbocycles. The van der Waals surface area contributed by atoms with E-state index >= 15 is 0 Å². The van der Waals surface area contributed by atoms with Gasteiger partial charge >= 0.3 is 0 Å². The average molecular weight is 474 g/mol. The lowest BCUT2D eigenvalue weighted by Crippen LogP contribution is -2.54. The van der Waals surface area contributed by atoms with E-state index in [2.05, 4.69) is 53.0 Å². The van der Waals surface area contributed by atoms with Gasteiger partial charge in [0, 0.05) is 53.5 Å². The van der Waals surface area contributed by atoms with Crippen LogP contribution in [0.4, 0.5) is 0 Å². The molecule has 0 spiro atoms. The number of H-pyrrole nitrogens is 1. The zero-order valence-electron chi connectivity index (χ0n) is 20.5. The fraction of sp³-hybridized carbons (Fsp3) is 0.571. The molecule has 6 heteroatoms. The van der Waals surface area contributed by atoms with Gasteiger partial charge in [0.2, 0.25) is 0 Å². The van der Waals surface area contributed by atoms with Crippen molar-refractivity contribution in [2.24, 2.45) is 13.0 Å². The van der Waals surface area contributed by atoms with E-state index in [4.69, 9.17) is 4.98 Å². The molecule has 4 aromatic heterocycles. The summed E-state index contributed by atoms with van der Waals surface area (Å²) in [6.07, 6.45) is 15.0. The largest absolute Gasteiger partial charge is 0.345 e. The van der Waals surface area contributed by atoms with Gasteiger partial charge in [-0.15, -0.1) is 11.3 Å². The molecule has 178 valence electrons. The van der Waals surface area contributed by atoms with Gasteiger partial charge in [-0.3, -0.25) is 0 Å². The summed E-state index contributed by atoms with van der Waals surface area (Å²) >= 11 is 1.89. The van der Waals surface area contributed by atoms with Crippen LogP contribution in [-0.4, -0.2) is 31.1 Å². The van der Waals surface area contributed by atoms with Crippen molar-refractivity contribution >= 4 is 32.7 Å². The van der Waals surface area contributed by atoms with Crippen molar-refractivity contribution in [3.63, 3.8) is 0 Å². The first-order chi connectivity index (χ1) is 16.5. The van der Waals surface area contributed by atoms with Crippen LogP contribution in [0.15, 0.2) is 24.5 Å². The zero-order valence-corrected chi connectivity index (χ0v) is 21.3. The summed E-state index contributed by atoms with van der Waals surface area (Å²) in [5, 5.41) is 6.63. The lowest BCUT2D eigenvalue weighted by molar-refractivity contribution is 0.152. The van der Waals surface area contributed by atoms with Gasteiger partial charge in [0.05, 0.1) is 10.7 Å². The summed E-state index contributed by atoms with van der Waals surface area (Å²) in [4.78, 5) is 14.9. The van der Waals surface area contributed by atoms with Crippen LogP contribution in [0.25, 0.3) is 32.6 Å². The molecule has 4 heterocycles. The van der Waals surface area contributed by atoms with E-state index in [1.165, 1.54) is 88.9 Å². The van der Waals surface area contributed by atoms with Crippen LogP contribution in [0, 0.1) is 5.92 Å². The number of hydrogen-bond donors (Lipinski definition) is 2. The second-order valence-corrected chi connectivity index (χ2v) is 12.6. The molecular formula is C28H35N5S. The van der Waals surface area contributed by atoms with Crippen molar-refractivity contribution in [2.45, 2.75) is 88.6 Å². The molecule has 8 rings (SSSR count). The molecule has 0 aromatic carbocycles. The van der Waals surface area contributed by atoms with Gasteiger partial charge in [0.15, 0.2) is 0 Å². The van der Waals surface area contributed by atoms with Crippen LogP contribution in [0.2, 0.25) is 0 Å². The first-order valence-corrected chi connectivity index (χ1v) is 14.0. The molecule has 4 fully saturated rings. The SMILES string of the molecule is CC(C)c1c(-c2cn(C)c3ncccc23)[nH]c2sc(C3CCC(NC45CCC(C4)C5)CC3)nc12. The number of nitrogens with one attached hydrogen (secondary N) is 2. The third kappa shape index (κ3) is 3.21. The Morgan fingerprint density at radius 3 is 2.74 bits per heavy atom. The van der Waals surface area contributed by atoms with Crippen molar-refractivity contribution in [3.8, 4) is 11.3 Å². The number of thiazole rings is 1. The molecule has 4 aliphatic rings. The molecule has 0 aliphatic heterocycles. The number of rotatable bonds is 5. The maximum atomic E-state index is 5.28. The second-order valence-electron chi connectivity index (χ2n) is 11.6. The van der Waals surface area contributed by atoms with Crippen LogP contribution in [0.5, 0.6) is 0 Å². The Balaban J connectivity index is 1.16. The highest BCUT2D eigenvalue weighted by molar-refractivity contribution is 7.18. The molecule has 0 atom stereocenters. The normalized spacial score (nSPS) is 28.9. The predicted octanol–water partition coefficient (Wildman–Crippen LogP) is 6.86. The summed E-state index contributed by atoms with van der Waals surface area (Å²) in [6.45, 7) is 4.58. The summed E-state index contributed by atoms with van der Waals surface area (Å²) in [6, 6.07) is 4.93. The van der Waals surface area contributed by atoms with Crippen molar-refractivity contribution in [3.05, 3.63) is 35.1 Å². The first kappa shape index (κ1) is 21.1. The number of aryl methyl sites for hydroxylation is 1. The summed E-state index contributed by atoms with van der Waals surface area (Å²) in [7, 11) is 2.08. The fourth-order valence-electron chi connectivity index (χ4n) is 7.31. The van der Waals surface area contributed by atoms with E-state index in [9.17, 15) is 0 Å². The van der Waals surface area contributed by atoms with Crippen LogP contribution in [-0.2, 0) is 7.05 Å². The topological polar surface area (TPSA) is 58.5 Å². The molecule has 2 N–H and O–H groups in total. The Kier molecular flexibility index (Phi) is 4.76. The van der Waals surface area contributed by atoms with E-state index in [1.807, 2.05) is 23.6 Å². The molecule has 0 unspecified atom stereocenters. The van der Waals surface area contributed by atoms with E-state index in [-0.39, 0.29) is 0 Å². The zero-order chi connectivity index (χ0) is 23.0.